The summed E-state index contributed by atoms with van der Waals surface area (Å²) in [4.78, 5) is 15.0. The summed E-state index contributed by atoms with van der Waals surface area (Å²) >= 11 is 3.09. The molecule has 0 aromatic carbocycles. The Kier molecular flexibility index (Phi) is 4.33. The zero-order chi connectivity index (χ0) is 13.1. The molecule has 0 saturated carbocycles. The van der Waals surface area contributed by atoms with Crippen LogP contribution in [0, 0.1) is 0 Å². The van der Waals surface area contributed by atoms with Crippen LogP contribution >= 0.6 is 15.9 Å². The van der Waals surface area contributed by atoms with Crippen molar-refractivity contribution in [2.45, 2.75) is 19.0 Å². The summed E-state index contributed by atoms with van der Waals surface area (Å²) in [7, 11) is 0. The number of rotatable bonds is 3. The lowest BCUT2D eigenvalue weighted by Gasteiger charge is -2.08. The zero-order valence-corrected chi connectivity index (χ0v) is 10.1. The van der Waals surface area contributed by atoms with Gasteiger partial charge in [-0.25, -0.2) is 4.98 Å². The molecule has 0 aliphatic heterocycles. The molecule has 1 heterocycles. The lowest BCUT2D eigenvalue weighted by molar-refractivity contribution is -0.142. The molecule has 0 bridgehead atoms. The van der Waals surface area contributed by atoms with Crippen molar-refractivity contribution in [2.24, 2.45) is 0 Å². The van der Waals surface area contributed by atoms with Gasteiger partial charge in [-0.15, -0.1) is 0 Å². The molecule has 1 aromatic heterocycles. The minimum absolute atomic E-state index is 0.145. The Morgan fingerprint density at radius 2 is 2.18 bits per heavy atom. The van der Waals surface area contributed by atoms with Crippen LogP contribution in [0.2, 0.25) is 0 Å². The molecule has 0 aliphatic rings. The second kappa shape index (κ2) is 5.35. The fourth-order valence-corrected chi connectivity index (χ4v) is 1.46. The van der Waals surface area contributed by atoms with Gasteiger partial charge in [-0.05, 0) is 22.0 Å². The number of hydrogen-bond donors (Lipinski definition) is 2. The number of nitrogen functional groups attached to an aromatic ring is 1. The molecule has 0 unspecified atom stereocenters. The molecule has 0 atom stereocenters. The summed E-state index contributed by atoms with van der Waals surface area (Å²) < 4.78 is 36.0. The monoisotopic (exact) mass is 311 g/mol. The molecule has 17 heavy (non-hydrogen) atoms. The predicted octanol–water partition coefficient (Wildman–Crippen LogP) is 2.71. The summed E-state index contributed by atoms with van der Waals surface area (Å²) in [5, 5.41) is 2.26. The molecule has 0 aliphatic carbocycles. The van der Waals surface area contributed by atoms with E-state index < -0.39 is 24.9 Å². The van der Waals surface area contributed by atoms with Gasteiger partial charge >= 0.3 is 6.18 Å². The van der Waals surface area contributed by atoms with Crippen molar-refractivity contribution in [1.82, 2.24) is 4.98 Å². The number of nitrogens with two attached hydrogens (primary N) is 1. The van der Waals surface area contributed by atoms with E-state index in [4.69, 9.17) is 5.73 Å². The van der Waals surface area contributed by atoms with Crippen molar-refractivity contribution < 1.29 is 18.0 Å². The minimum atomic E-state index is -4.34. The highest BCUT2D eigenvalue weighted by Crippen LogP contribution is 2.24. The summed E-state index contributed by atoms with van der Waals surface area (Å²) in [5.41, 5.74) is 5.80. The Morgan fingerprint density at radius 3 is 2.71 bits per heavy atom. The molecule has 1 rings (SSSR count). The van der Waals surface area contributed by atoms with Crippen molar-refractivity contribution in [1.29, 1.82) is 0 Å². The van der Waals surface area contributed by atoms with Crippen LogP contribution in [0.25, 0.3) is 0 Å². The second-order valence-electron chi connectivity index (χ2n) is 3.26. The molecular weight excluding hydrogens is 303 g/mol. The fraction of sp³-hybridized carbons (Fsp3) is 0.333. The van der Waals surface area contributed by atoms with Gasteiger partial charge < -0.3 is 11.1 Å². The largest absolute Gasteiger partial charge is 0.397 e. The number of nitrogens with one attached hydrogen (secondary N) is 1. The standard InChI is InChI=1S/C9H9BrF3N3O/c10-6-3-5(14)4-15-8(6)16-7(17)1-2-9(11,12)13/h3-4H,1-2,14H2,(H,15,16,17). The first kappa shape index (κ1) is 13.8. The Hall–Kier alpha value is -1.31. The number of carbonyl (C=O) groups is 1. The first-order chi connectivity index (χ1) is 7.78. The minimum Gasteiger partial charge on any atom is -0.397 e. The molecule has 0 spiro atoms. The van der Waals surface area contributed by atoms with E-state index in [2.05, 4.69) is 26.2 Å². The number of amides is 1. The number of hydrogen-bond acceptors (Lipinski definition) is 3. The number of pyridine rings is 1. The van der Waals surface area contributed by atoms with Crippen molar-refractivity contribution in [2.75, 3.05) is 11.1 Å². The third-order valence-corrected chi connectivity index (χ3v) is 2.36. The van der Waals surface area contributed by atoms with Gasteiger partial charge in [-0.1, -0.05) is 0 Å². The average Bonchev–Trinajstić information content (AvgIpc) is 2.18. The molecule has 1 amide bonds. The number of anilines is 2. The average molecular weight is 312 g/mol. The molecule has 4 nitrogen and oxygen atoms in total. The predicted molar refractivity (Wildman–Crippen MR) is 60.3 cm³/mol. The van der Waals surface area contributed by atoms with Gasteiger partial charge in [0.2, 0.25) is 5.91 Å². The maximum absolute atomic E-state index is 11.9. The summed E-state index contributed by atoms with van der Waals surface area (Å²) in [6, 6.07) is 1.49. The number of carbonyl (C=O) groups excluding carboxylic acids is 1. The van der Waals surface area contributed by atoms with Gasteiger partial charge in [-0.3, -0.25) is 4.79 Å². The first-order valence-corrected chi connectivity index (χ1v) is 5.35. The van der Waals surface area contributed by atoms with Crippen molar-refractivity contribution >= 4 is 33.3 Å². The van der Waals surface area contributed by atoms with E-state index in [1.807, 2.05) is 0 Å². The van der Waals surface area contributed by atoms with E-state index in [1.54, 1.807) is 0 Å². The molecule has 8 heteroatoms. The van der Waals surface area contributed by atoms with Crippen LogP contribution in [0.3, 0.4) is 0 Å². The van der Waals surface area contributed by atoms with Gasteiger partial charge in [0.1, 0.15) is 5.82 Å². The van der Waals surface area contributed by atoms with Crippen LogP contribution in [0.15, 0.2) is 16.7 Å². The highest BCUT2D eigenvalue weighted by molar-refractivity contribution is 9.10. The molecule has 1 aromatic rings. The molecule has 0 radical (unpaired) electrons. The Bertz CT molecular complexity index is 422. The fourth-order valence-electron chi connectivity index (χ4n) is 0.995. The van der Waals surface area contributed by atoms with Gasteiger partial charge in [0.05, 0.1) is 22.8 Å². The Labute approximate surface area is 104 Å². The van der Waals surface area contributed by atoms with E-state index in [1.165, 1.54) is 12.3 Å². The van der Waals surface area contributed by atoms with Crippen molar-refractivity contribution in [3.05, 3.63) is 16.7 Å². The summed E-state index contributed by atoms with van der Waals surface area (Å²) in [6.45, 7) is 0. The van der Waals surface area contributed by atoms with E-state index in [-0.39, 0.29) is 5.82 Å². The number of alkyl halides is 3. The first-order valence-electron chi connectivity index (χ1n) is 4.55. The molecule has 0 saturated heterocycles. The topological polar surface area (TPSA) is 68.0 Å². The van der Waals surface area contributed by atoms with Gasteiger partial charge in [0.15, 0.2) is 0 Å². The lowest BCUT2D eigenvalue weighted by Crippen LogP contribution is -2.17. The summed E-state index contributed by atoms with van der Waals surface area (Å²) in [6.07, 6.45) is -4.85. The Morgan fingerprint density at radius 1 is 1.53 bits per heavy atom. The molecule has 0 fully saturated rings. The van der Waals surface area contributed by atoms with E-state index in [0.717, 1.165) is 0 Å². The maximum Gasteiger partial charge on any atom is 0.389 e. The van der Waals surface area contributed by atoms with Crippen LogP contribution in [0.5, 0.6) is 0 Å². The van der Waals surface area contributed by atoms with Crippen LogP contribution in [0.4, 0.5) is 24.7 Å². The second-order valence-corrected chi connectivity index (χ2v) is 4.12. The molecular formula is C9H9BrF3N3O. The van der Waals surface area contributed by atoms with Gasteiger partial charge in [0.25, 0.3) is 0 Å². The number of aromatic nitrogens is 1. The maximum atomic E-state index is 11.9. The number of nitrogens with zero attached hydrogens (tertiary/aromatic N) is 1. The van der Waals surface area contributed by atoms with Gasteiger partial charge in [-0.2, -0.15) is 13.2 Å². The summed E-state index contributed by atoms with van der Waals surface area (Å²) in [5.74, 6) is -0.605. The van der Waals surface area contributed by atoms with Crippen LogP contribution in [-0.4, -0.2) is 17.1 Å². The van der Waals surface area contributed by atoms with Crippen molar-refractivity contribution in [3.8, 4) is 0 Å². The van der Waals surface area contributed by atoms with E-state index in [9.17, 15) is 18.0 Å². The highest BCUT2D eigenvalue weighted by atomic mass is 79.9. The van der Waals surface area contributed by atoms with Crippen molar-refractivity contribution in [3.63, 3.8) is 0 Å². The van der Waals surface area contributed by atoms with E-state index in [0.29, 0.717) is 10.2 Å². The van der Waals surface area contributed by atoms with E-state index >= 15 is 0 Å². The zero-order valence-electron chi connectivity index (χ0n) is 8.51. The number of halogens is 4. The highest BCUT2D eigenvalue weighted by Gasteiger charge is 2.28. The normalized spacial score (nSPS) is 11.3. The van der Waals surface area contributed by atoms with Crippen LogP contribution < -0.4 is 11.1 Å². The third-order valence-electron chi connectivity index (χ3n) is 1.76. The third kappa shape index (κ3) is 5.03. The van der Waals surface area contributed by atoms with Crippen LogP contribution in [0.1, 0.15) is 12.8 Å². The quantitative estimate of drug-likeness (QED) is 0.902. The molecule has 94 valence electrons. The smallest absolute Gasteiger partial charge is 0.389 e. The van der Waals surface area contributed by atoms with Crippen LogP contribution in [-0.2, 0) is 4.79 Å². The SMILES string of the molecule is Nc1cnc(NC(=O)CCC(F)(F)F)c(Br)c1. The van der Waals surface area contributed by atoms with Gasteiger partial charge in [0, 0.05) is 6.42 Å². The molecule has 3 N–H and O–H groups in total. The lowest BCUT2D eigenvalue weighted by atomic mass is 10.3. The Balaban J connectivity index is 2.57.